The Kier molecular flexibility index (Phi) is 7.16. The van der Waals surface area contributed by atoms with Crippen molar-refractivity contribution in [1.29, 1.82) is 0 Å². The number of carbonyl (C=O) groups is 1. The average Bonchev–Trinajstić information content (AvgIpc) is 2.60. The molecular weight excluding hydrogens is 330 g/mol. The first-order valence-corrected chi connectivity index (χ1v) is 7.82. The van der Waals surface area contributed by atoms with Gasteiger partial charge in [0.1, 0.15) is 5.75 Å². The lowest BCUT2D eigenvalue weighted by Crippen LogP contribution is -2.28. The summed E-state index contributed by atoms with van der Waals surface area (Å²) >= 11 is 0. The topological polar surface area (TPSA) is 59.6 Å². The van der Waals surface area contributed by atoms with Gasteiger partial charge in [-0.2, -0.15) is 8.78 Å². The maximum absolute atomic E-state index is 12.1. The minimum absolute atomic E-state index is 0.0332. The van der Waals surface area contributed by atoms with E-state index < -0.39 is 12.6 Å². The predicted octanol–water partition coefficient (Wildman–Crippen LogP) is 4.15. The Hall–Kier alpha value is -2.67. The molecule has 0 heterocycles. The lowest BCUT2D eigenvalue weighted by atomic mass is 10.1. The van der Waals surface area contributed by atoms with Gasteiger partial charge in [0.2, 0.25) is 0 Å². The van der Waals surface area contributed by atoms with Crippen LogP contribution in [-0.4, -0.2) is 19.2 Å². The number of ether oxygens (including phenoxy) is 2. The molecule has 0 bridgehead atoms. The maximum Gasteiger partial charge on any atom is 0.387 e. The van der Waals surface area contributed by atoms with E-state index >= 15 is 0 Å². The summed E-state index contributed by atoms with van der Waals surface area (Å²) in [7, 11) is 0. The molecule has 7 heteroatoms. The summed E-state index contributed by atoms with van der Waals surface area (Å²) in [6, 6.07) is 13.0. The number of hydrogen-bond donors (Lipinski definition) is 2. The van der Waals surface area contributed by atoms with Crippen LogP contribution in [0.2, 0.25) is 0 Å². The highest BCUT2D eigenvalue weighted by Crippen LogP contribution is 2.17. The van der Waals surface area contributed by atoms with Crippen molar-refractivity contribution in [2.24, 2.45) is 0 Å². The number of anilines is 1. The van der Waals surface area contributed by atoms with Crippen LogP contribution in [0.25, 0.3) is 0 Å². The minimum Gasteiger partial charge on any atom is -0.435 e. The number of benzene rings is 2. The fraction of sp³-hybridized carbons (Fsp3) is 0.278. The number of rotatable bonds is 8. The van der Waals surface area contributed by atoms with Crippen LogP contribution in [0.1, 0.15) is 18.1 Å². The van der Waals surface area contributed by atoms with E-state index in [1.54, 1.807) is 0 Å². The number of nitrogens with one attached hydrogen (secondary N) is 2. The fourth-order valence-electron chi connectivity index (χ4n) is 2.15. The summed E-state index contributed by atoms with van der Waals surface area (Å²) in [5.41, 5.74) is 2.45. The SMILES string of the molecule is CCOCc1ccccc1CNC(=O)Nc1ccc(OC(F)F)cc1. The largest absolute Gasteiger partial charge is 0.435 e. The van der Waals surface area contributed by atoms with Crippen molar-refractivity contribution in [3.63, 3.8) is 0 Å². The van der Waals surface area contributed by atoms with Gasteiger partial charge in [-0.05, 0) is 42.3 Å². The molecule has 0 unspecified atom stereocenters. The molecule has 0 fully saturated rings. The number of hydrogen-bond acceptors (Lipinski definition) is 3. The Morgan fingerprint density at radius 1 is 1.08 bits per heavy atom. The number of amides is 2. The molecule has 0 saturated heterocycles. The Labute approximate surface area is 144 Å². The van der Waals surface area contributed by atoms with E-state index in [1.807, 2.05) is 31.2 Å². The van der Waals surface area contributed by atoms with Gasteiger partial charge in [0.05, 0.1) is 6.61 Å². The monoisotopic (exact) mass is 350 g/mol. The molecule has 134 valence electrons. The van der Waals surface area contributed by atoms with Crippen molar-refractivity contribution >= 4 is 11.7 Å². The zero-order valence-electron chi connectivity index (χ0n) is 13.8. The lowest BCUT2D eigenvalue weighted by molar-refractivity contribution is -0.0498. The number of alkyl halides is 2. The molecule has 0 aromatic heterocycles. The second-order valence-corrected chi connectivity index (χ2v) is 5.12. The molecule has 2 rings (SSSR count). The van der Waals surface area contributed by atoms with Gasteiger partial charge in [0.15, 0.2) is 0 Å². The predicted molar refractivity (Wildman–Crippen MR) is 90.7 cm³/mol. The third kappa shape index (κ3) is 6.39. The van der Waals surface area contributed by atoms with Crippen LogP contribution in [0.5, 0.6) is 5.75 Å². The standard InChI is InChI=1S/C18H20F2N2O3/c1-2-24-12-14-6-4-3-5-13(14)11-21-18(23)22-15-7-9-16(10-8-15)25-17(19)20/h3-10,17H,2,11-12H2,1H3,(H2,21,22,23). The summed E-state index contributed by atoms with van der Waals surface area (Å²) in [6.45, 7) is 0.502. The Morgan fingerprint density at radius 3 is 2.40 bits per heavy atom. The summed E-state index contributed by atoms with van der Waals surface area (Å²) < 4.78 is 33.8. The van der Waals surface area contributed by atoms with Crippen molar-refractivity contribution < 1.29 is 23.0 Å². The van der Waals surface area contributed by atoms with E-state index in [1.165, 1.54) is 24.3 Å². The van der Waals surface area contributed by atoms with E-state index in [0.717, 1.165) is 11.1 Å². The van der Waals surface area contributed by atoms with E-state index in [2.05, 4.69) is 15.4 Å². The highest BCUT2D eigenvalue weighted by molar-refractivity contribution is 5.89. The van der Waals surface area contributed by atoms with Crippen molar-refractivity contribution in [1.82, 2.24) is 5.32 Å². The molecular formula is C18H20F2N2O3. The molecule has 0 saturated carbocycles. The molecule has 0 radical (unpaired) electrons. The van der Waals surface area contributed by atoms with Crippen molar-refractivity contribution in [2.75, 3.05) is 11.9 Å². The fourth-order valence-corrected chi connectivity index (χ4v) is 2.15. The molecule has 0 aliphatic carbocycles. The third-order valence-electron chi connectivity index (χ3n) is 3.36. The molecule has 5 nitrogen and oxygen atoms in total. The van der Waals surface area contributed by atoms with Gasteiger partial charge in [-0.25, -0.2) is 4.79 Å². The summed E-state index contributed by atoms with van der Waals surface area (Å²) in [5, 5.41) is 5.39. The summed E-state index contributed by atoms with van der Waals surface area (Å²) in [6.07, 6.45) is 0. The van der Waals surface area contributed by atoms with E-state index in [9.17, 15) is 13.6 Å². The number of urea groups is 1. The smallest absolute Gasteiger partial charge is 0.387 e. The van der Waals surface area contributed by atoms with Gasteiger partial charge < -0.3 is 20.1 Å². The van der Waals surface area contributed by atoms with Crippen LogP contribution in [0, 0.1) is 0 Å². The van der Waals surface area contributed by atoms with Crippen molar-refractivity contribution in [2.45, 2.75) is 26.7 Å². The second-order valence-electron chi connectivity index (χ2n) is 5.12. The number of carbonyl (C=O) groups excluding carboxylic acids is 1. The van der Waals surface area contributed by atoms with Gasteiger partial charge in [-0.1, -0.05) is 24.3 Å². The maximum atomic E-state index is 12.1. The third-order valence-corrected chi connectivity index (χ3v) is 3.36. The van der Waals surface area contributed by atoms with Gasteiger partial charge >= 0.3 is 12.6 Å². The summed E-state index contributed by atoms with van der Waals surface area (Å²) in [4.78, 5) is 12.0. The minimum atomic E-state index is -2.88. The van der Waals surface area contributed by atoms with E-state index in [-0.39, 0.29) is 5.75 Å². The van der Waals surface area contributed by atoms with Crippen LogP contribution < -0.4 is 15.4 Å². The highest BCUT2D eigenvalue weighted by Gasteiger charge is 2.07. The second kappa shape index (κ2) is 9.58. The number of halogens is 2. The van der Waals surface area contributed by atoms with E-state index in [0.29, 0.717) is 25.4 Å². The summed E-state index contributed by atoms with van der Waals surface area (Å²) in [5.74, 6) is 0.0332. The van der Waals surface area contributed by atoms with Crippen LogP contribution >= 0.6 is 0 Å². The highest BCUT2D eigenvalue weighted by atomic mass is 19.3. The van der Waals surface area contributed by atoms with Crippen LogP contribution in [0.15, 0.2) is 48.5 Å². The molecule has 2 aromatic carbocycles. The zero-order valence-corrected chi connectivity index (χ0v) is 13.8. The molecule has 2 amide bonds. The normalized spacial score (nSPS) is 10.6. The average molecular weight is 350 g/mol. The first-order valence-electron chi connectivity index (χ1n) is 7.82. The van der Waals surface area contributed by atoms with Gasteiger partial charge in [0, 0.05) is 18.8 Å². The Balaban J connectivity index is 1.86. The quantitative estimate of drug-likeness (QED) is 0.752. The lowest BCUT2D eigenvalue weighted by Gasteiger charge is -2.12. The first-order chi connectivity index (χ1) is 12.1. The molecule has 0 aliphatic heterocycles. The Morgan fingerprint density at radius 2 is 1.76 bits per heavy atom. The van der Waals surface area contributed by atoms with E-state index in [4.69, 9.17) is 4.74 Å². The Bertz CT molecular complexity index is 678. The molecule has 2 N–H and O–H groups in total. The van der Waals surface area contributed by atoms with Gasteiger partial charge in [-0.15, -0.1) is 0 Å². The van der Waals surface area contributed by atoms with Crippen LogP contribution in [0.4, 0.5) is 19.3 Å². The first kappa shape index (κ1) is 18.7. The molecule has 0 atom stereocenters. The van der Waals surface area contributed by atoms with Gasteiger partial charge in [0.25, 0.3) is 0 Å². The molecule has 2 aromatic rings. The van der Waals surface area contributed by atoms with Gasteiger partial charge in [-0.3, -0.25) is 0 Å². The molecule has 0 spiro atoms. The van der Waals surface area contributed by atoms with Crippen LogP contribution in [0.3, 0.4) is 0 Å². The van der Waals surface area contributed by atoms with Crippen LogP contribution in [-0.2, 0) is 17.9 Å². The molecule has 0 aliphatic rings. The zero-order chi connectivity index (χ0) is 18.1. The van der Waals surface area contributed by atoms with Crippen molar-refractivity contribution in [3.05, 3.63) is 59.7 Å². The van der Waals surface area contributed by atoms with Crippen molar-refractivity contribution in [3.8, 4) is 5.75 Å². The molecule has 25 heavy (non-hydrogen) atoms.